The number of carbonyl (C=O) groups is 1. The summed E-state index contributed by atoms with van der Waals surface area (Å²) < 4.78 is 0. The minimum Gasteiger partial charge on any atom is -0.357 e. The van der Waals surface area contributed by atoms with Gasteiger partial charge in [-0.25, -0.2) is 0 Å². The number of amides is 1. The molecule has 1 amide bonds. The second-order valence-corrected chi connectivity index (χ2v) is 9.53. The van der Waals surface area contributed by atoms with E-state index in [1.165, 1.54) is 93.0 Å². The van der Waals surface area contributed by atoms with Crippen LogP contribution in [0.4, 0.5) is 0 Å². The number of hydrogen-bond donors (Lipinski definition) is 3. The zero-order valence-corrected chi connectivity index (χ0v) is 18.1. The predicted octanol–water partition coefficient (Wildman–Crippen LogP) is 4.29. The Labute approximate surface area is 180 Å². The van der Waals surface area contributed by atoms with E-state index >= 15 is 0 Å². The van der Waals surface area contributed by atoms with Crippen LogP contribution in [0.2, 0.25) is 0 Å². The first-order valence-corrected chi connectivity index (χ1v) is 12.2. The van der Waals surface area contributed by atoms with Crippen LogP contribution in [0.5, 0.6) is 0 Å². The van der Waals surface area contributed by atoms with Gasteiger partial charge in [-0.2, -0.15) is 0 Å². The van der Waals surface area contributed by atoms with Crippen molar-refractivity contribution in [2.24, 2.45) is 0 Å². The summed E-state index contributed by atoms with van der Waals surface area (Å²) in [4.78, 5) is 18.9. The number of rotatable bonds is 6. The highest BCUT2D eigenvalue weighted by atomic mass is 16.1. The molecule has 30 heavy (non-hydrogen) atoms. The Morgan fingerprint density at radius 1 is 1.03 bits per heavy atom. The number of benzene rings is 1. The number of aryl methyl sites for hydroxylation is 1. The van der Waals surface area contributed by atoms with E-state index in [4.69, 9.17) is 0 Å². The van der Waals surface area contributed by atoms with Gasteiger partial charge in [-0.15, -0.1) is 0 Å². The molecule has 0 bridgehead atoms. The molecule has 1 aromatic carbocycles. The summed E-state index contributed by atoms with van der Waals surface area (Å²) in [5.41, 5.74) is 4.75. The van der Waals surface area contributed by atoms with E-state index in [1.54, 1.807) is 0 Å². The molecule has 1 unspecified atom stereocenters. The molecule has 5 nitrogen and oxygen atoms in total. The number of H-pyrrole nitrogens is 1. The van der Waals surface area contributed by atoms with E-state index in [9.17, 15) is 4.79 Å². The molecule has 5 rings (SSSR count). The Morgan fingerprint density at radius 3 is 2.70 bits per heavy atom. The largest absolute Gasteiger partial charge is 0.357 e. The number of aromatic amines is 1. The first-order valence-electron chi connectivity index (χ1n) is 12.2. The fraction of sp³-hybridized carbons (Fsp3) is 0.640. The Bertz CT molecular complexity index is 877. The molecular weight excluding hydrogens is 372 g/mol. The van der Waals surface area contributed by atoms with Crippen LogP contribution in [0.1, 0.15) is 85.4 Å². The maximum atomic E-state index is 12.7. The van der Waals surface area contributed by atoms with Gasteiger partial charge < -0.3 is 20.5 Å². The monoisotopic (exact) mass is 408 g/mol. The minimum atomic E-state index is 0.0544. The van der Waals surface area contributed by atoms with Gasteiger partial charge in [0.2, 0.25) is 0 Å². The quantitative estimate of drug-likeness (QED) is 0.668. The summed E-state index contributed by atoms with van der Waals surface area (Å²) in [5, 5.41) is 8.32. The second-order valence-electron chi connectivity index (χ2n) is 9.53. The van der Waals surface area contributed by atoms with E-state index in [0.29, 0.717) is 12.1 Å². The Hall–Kier alpha value is -1.85. The van der Waals surface area contributed by atoms with Crippen LogP contribution in [-0.2, 0) is 6.42 Å². The molecule has 162 valence electrons. The van der Waals surface area contributed by atoms with Gasteiger partial charge in [0.15, 0.2) is 0 Å². The molecule has 2 heterocycles. The third-order valence-electron chi connectivity index (χ3n) is 7.42. The number of hydrogen-bond acceptors (Lipinski definition) is 3. The lowest BCUT2D eigenvalue weighted by Crippen LogP contribution is -2.36. The van der Waals surface area contributed by atoms with Crippen molar-refractivity contribution in [1.29, 1.82) is 0 Å². The molecule has 1 aliphatic heterocycles. The lowest BCUT2D eigenvalue weighted by molar-refractivity contribution is 0.0950. The number of aromatic nitrogens is 1. The first-order chi connectivity index (χ1) is 14.8. The van der Waals surface area contributed by atoms with Crippen molar-refractivity contribution >= 4 is 16.8 Å². The molecule has 0 spiro atoms. The van der Waals surface area contributed by atoms with Gasteiger partial charge in [0.05, 0.1) is 0 Å². The average molecular weight is 409 g/mol. The van der Waals surface area contributed by atoms with Crippen LogP contribution < -0.4 is 10.6 Å². The van der Waals surface area contributed by atoms with Crippen LogP contribution >= 0.6 is 0 Å². The molecule has 3 aliphatic rings. The van der Waals surface area contributed by atoms with E-state index < -0.39 is 0 Å². The Balaban J connectivity index is 1.29. The van der Waals surface area contributed by atoms with E-state index in [1.807, 2.05) is 6.07 Å². The van der Waals surface area contributed by atoms with E-state index in [0.717, 1.165) is 25.1 Å². The standard InChI is InChI=1S/C25H36N4O/c30-25(26-13-16-29-14-4-5-15-29)18-11-12-22-21(17-18)20-9-6-10-23(24(20)28-22)27-19-7-2-1-3-8-19/h11-12,17,19,23,27-28H,1-10,13-16H2,(H,26,30). The minimum absolute atomic E-state index is 0.0544. The van der Waals surface area contributed by atoms with Crippen molar-refractivity contribution in [1.82, 2.24) is 20.5 Å². The maximum absolute atomic E-state index is 12.7. The number of nitrogens with zero attached hydrogens (tertiary/aromatic N) is 1. The van der Waals surface area contributed by atoms with Crippen LogP contribution in [0.25, 0.3) is 10.9 Å². The highest BCUT2D eigenvalue weighted by Gasteiger charge is 2.27. The summed E-state index contributed by atoms with van der Waals surface area (Å²) in [6.07, 6.45) is 12.9. The van der Waals surface area contributed by atoms with E-state index in [2.05, 4.69) is 32.7 Å². The van der Waals surface area contributed by atoms with Gasteiger partial charge in [0.1, 0.15) is 0 Å². The molecule has 1 atom stereocenters. The van der Waals surface area contributed by atoms with Crippen molar-refractivity contribution in [3.63, 3.8) is 0 Å². The van der Waals surface area contributed by atoms with Gasteiger partial charge in [0, 0.05) is 47.3 Å². The van der Waals surface area contributed by atoms with Crippen molar-refractivity contribution in [3.05, 3.63) is 35.0 Å². The molecule has 2 aliphatic carbocycles. The summed E-state index contributed by atoms with van der Waals surface area (Å²) in [6, 6.07) is 7.28. The molecule has 1 saturated heterocycles. The van der Waals surface area contributed by atoms with E-state index in [-0.39, 0.29) is 5.91 Å². The summed E-state index contributed by atoms with van der Waals surface area (Å²) in [7, 11) is 0. The average Bonchev–Trinajstić information content (AvgIpc) is 3.42. The smallest absolute Gasteiger partial charge is 0.251 e. The highest BCUT2D eigenvalue weighted by molar-refractivity contribution is 5.99. The normalized spacial score (nSPS) is 23.0. The maximum Gasteiger partial charge on any atom is 0.251 e. The van der Waals surface area contributed by atoms with Crippen LogP contribution in [0, 0.1) is 0 Å². The zero-order valence-electron chi connectivity index (χ0n) is 18.1. The lowest BCUT2D eigenvalue weighted by Gasteiger charge is -2.31. The molecule has 1 saturated carbocycles. The fourth-order valence-corrected chi connectivity index (χ4v) is 5.76. The van der Waals surface area contributed by atoms with Gasteiger partial charge in [-0.1, -0.05) is 19.3 Å². The number of fused-ring (bicyclic) bond motifs is 3. The number of nitrogens with one attached hydrogen (secondary N) is 3. The molecule has 0 radical (unpaired) electrons. The van der Waals surface area contributed by atoms with Gasteiger partial charge in [-0.3, -0.25) is 4.79 Å². The topological polar surface area (TPSA) is 60.2 Å². The number of likely N-dealkylation sites (tertiary alicyclic amines) is 1. The van der Waals surface area contributed by atoms with Crippen LogP contribution in [0.15, 0.2) is 18.2 Å². The fourth-order valence-electron chi connectivity index (χ4n) is 5.76. The summed E-state index contributed by atoms with van der Waals surface area (Å²) >= 11 is 0. The Morgan fingerprint density at radius 2 is 1.87 bits per heavy atom. The third kappa shape index (κ3) is 4.28. The molecule has 1 aromatic heterocycles. The molecule has 3 N–H and O–H groups in total. The molecular formula is C25H36N4O. The van der Waals surface area contributed by atoms with Gasteiger partial charge in [0.25, 0.3) is 5.91 Å². The van der Waals surface area contributed by atoms with Gasteiger partial charge in [-0.05, 0) is 81.8 Å². The summed E-state index contributed by atoms with van der Waals surface area (Å²) in [5.74, 6) is 0.0544. The molecule has 2 fully saturated rings. The Kier molecular flexibility index (Phi) is 6.09. The van der Waals surface area contributed by atoms with Crippen molar-refractivity contribution in [3.8, 4) is 0 Å². The van der Waals surface area contributed by atoms with Crippen molar-refractivity contribution < 1.29 is 4.79 Å². The van der Waals surface area contributed by atoms with Crippen LogP contribution in [-0.4, -0.2) is 48.0 Å². The predicted molar refractivity (Wildman–Crippen MR) is 122 cm³/mol. The van der Waals surface area contributed by atoms with Crippen LogP contribution in [0.3, 0.4) is 0 Å². The second kappa shape index (κ2) is 9.11. The molecule has 5 heteroatoms. The van der Waals surface area contributed by atoms with Crippen molar-refractivity contribution in [2.75, 3.05) is 26.2 Å². The summed E-state index contributed by atoms with van der Waals surface area (Å²) in [6.45, 7) is 4.04. The zero-order chi connectivity index (χ0) is 20.3. The molecule has 2 aromatic rings. The number of carbonyl (C=O) groups excluding carboxylic acids is 1. The third-order valence-corrected chi connectivity index (χ3v) is 7.42. The van der Waals surface area contributed by atoms with Gasteiger partial charge >= 0.3 is 0 Å². The highest BCUT2D eigenvalue weighted by Crippen LogP contribution is 2.36. The van der Waals surface area contributed by atoms with Crippen molar-refractivity contribution in [2.45, 2.75) is 76.3 Å². The lowest BCUT2D eigenvalue weighted by atomic mass is 9.89. The SMILES string of the molecule is O=C(NCCN1CCCC1)c1ccc2[nH]c3c(c2c1)CCCC3NC1CCCCC1. The first kappa shape index (κ1) is 20.1.